The molecule has 0 radical (unpaired) electrons. The van der Waals surface area contributed by atoms with Gasteiger partial charge in [0, 0.05) is 60.8 Å². The summed E-state index contributed by atoms with van der Waals surface area (Å²) < 4.78 is 7.39. The second-order valence-corrected chi connectivity index (χ2v) is 11.6. The van der Waals surface area contributed by atoms with Crippen LogP contribution in [0.1, 0.15) is 20.9 Å². The van der Waals surface area contributed by atoms with Crippen LogP contribution in [0, 0.1) is 0 Å². The summed E-state index contributed by atoms with van der Waals surface area (Å²) in [5, 5.41) is 2.37. The molecule has 2 aromatic heterocycles. The van der Waals surface area contributed by atoms with Crippen LogP contribution in [0.5, 0.6) is 5.75 Å². The first-order chi connectivity index (χ1) is 19.6. The Morgan fingerprint density at radius 2 is 1.62 bits per heavy atom. The minimum Gasteiger partial charge on any atom is -0.492 e. The molecular formula is C33H34N4O2S. The van der Waals surface area contributed by atoms with Gasteiger partial charge in [0.1, 0.15) is 18.1 Å². The third-order valence-electron chi connectivity index (χ3n) is 7.43. The number of nitrogens with zero attached hydrogens (tertiary/aromatic N) is 4. The Morgan fingerprint density at radius 1 is 0.875 bits per heavy atom. The van der Waals surface area contributed by atoms with Gasteiger partial charge in [0.2, 0.25) is 0 Å². The summed E-state index contributed by atoms with van der Waals surface area (Å²) in [6, 6.07) is 31.0. The number of piperazine rings is 1. The van der Waals surface area contributed by atoms with E-state index in [1.165, 1.54) is 20.5 Å². The topological polar surface area (TPSA) is 48.9 Å². The lowest BCUT2D eigenvalue weighted by molar-refractivity contribution is 0.0615. The molecule has 1 aliphatic rings. The number of para-hydroxylation sites is 1. The van der Waals surface area contributed by atoms with Gasteiger partial charge in [-0.1, -0.05) is 54.6 Å². The van der Waals surface area contributed by atoms with Crippen LogP contribution in [-0.2, 0) is 13.1 Å². The molecule has 7 heteroatoms. The molecule has 1 fully saturated rings. The summed E-state index contributed by atoms with van der Waals surface area (Å²) in [7, 11) is 2.17. The second-order valence-electron chi connectivity index (χ2n) is 10.4. The van der Waals surface area contributed by atoms with Crippen LogP contribution in [0.4, 0.5) is 0 Å². The number of fused-ring (bicyclic) bond motifs is 2. The zero-order valence-electron chi connectivity index (χ0n) is 22.8. The van der Waals surface area contributed by atoms with E-state index in [0.717, 1.165) is 49.4 Å². The van der Waals surface area contributed by atoms with Gasteiger partial charge in [0.15, 0.2) is 0 Å². The van der Waals surface area contributed by atoms with E-state index >= 15 is 0 Å². The third kappa shape index (κ3) is 6.33. The molecule has 6 nitrogen and oxygen atoms in total. The zero-order valence-corrected chi connectivity index (χ0v) is 23.6. The van der Waals surface area contributed by atoms with Crippen molar-refractivity contribution in [3.63, 3.8) is 0 Å². The van der Waals surface area contributed by atoms with Gasteiger partial charge in [-0.15, -0.1) is 11.3 Å². The smallest absolute Gasteiger partial charge is 0.272 e. The van der Waals surface area contributed by atoms with Gasteiger partial charge in [-0.3, -0.25) is 14.6 Å². The highest BCUT2D eigenvalue weighted by atomic mass is 32.1. The molecule has 0 N–H and O–H groups in total. The van der Waals surface area contributed by atoms with Crippen LogP contribution < -0.4 is 4.74 Å². The number of carbonyl (C=O) groups excluding carboxylic acids is 1. The predicted octanol–water partition coefficient (Wildman–Crippen LogP) is 5.92. The van der Waals surface area contributed by atoms with Crippen molar-refractivity contribution >= 4 is 38.2 Å². The van der Waals surface area contributed by atoms with E-state index in [2.05, 4.69) is 76.4 Å². The largest absolute Gasteiger partial charge is 0.492 e. The lowest BCUT2D eigenvalue weighted by Crippen LogP contribution is -2.49. The molecule has 3 aromatic carbocycles. The van der Waals surface area contributed by atoms with Gasteiger partial charge in [0.25, 0.3) is 5.91 Å². The summed E-state index contributed by atoms with van der Waals surface area (Å²) >= 11 is 1.87. The van der Waals surface area contributed by atoms with Gasteiger partial charge in [-0.2, -0.15) is 0 Å². The minimum atomic E-state index is 0.0104. The van der Waals surface area contributed by atoms with Crippen LogP contribution in [0.25, 0.3) is 21.0 Å². The molecule has 1 saturated heterocycles. The number of hydrogen-bond acceptors (Lipinski definition) is 6. The van der Waals surface area contributed by atoms with Crippen molar-refractivity contribution in [2.45, 2.75) is 13.1 Å². The van der Waals surface area contributed by atoms with Crippen molar-refractivity contribution in [3.8, 4) is 5.75 Å². The fourth-order valence-corrected chi connectivity index (χ4v) is 6.40. The van der Waals surface area contributed by atoms with E-state index in [4.69, 9.17) is 4.74 Å². The number of amides is 1. The first-order valence-electron chi connectivity index (χ1n) is 13.9. The predicted molar refractivity (Wildman–Crippen MR) is 163 cm³/mol. The molecular weight excluding hydrogens is 516 g/mol. The maximum atomic E-state index is 13.0. The summed E-state index contributed by atoms with van der Waals surface area (Å²) in [5.41, 5.74) is 2.65. The molecule has 0 atom stereocenters. The molecule has 3 heterocycles. The number of rotatable bonds is 9. The Kier molecular flexibility index (Phi) is 8.04. The highest BCUT2D eigenvalue weighted by Crippen LogP contribution is 2.26. The fourth-order valence-electron chi connectivity index (χ4n) is 5.25. The van der Waals surface area contributed by atoms with Gasteiger partial charge in [0.05, 0.1) is 5.52 Å². The molecule has 1 amide bonds. The van der Waals surface area contributed by atoms with E-state index < -0.39 is 0 Å². The molecule has 0 saturated carbocycles. The molecule has 0 bridgehead atoms. The lowest BCUT2D eigenvalue weighted by atomic mass is 10.2. The standard InChI is InChI=1S/C33H34N4O2S/c1-35(24-29-22-27-7-3-5-9-32(27)40-29)23-25-10-13-28(14-11-25)39-21-20-36-16-18-37(19-17-36)33(38)31-15-12-26-6-2-4-8-30(26)34-31/h2-15,22H,16-21,23-24H2,1H3. The number of aromatic nitrogens is 1. The highest BCUT2D eigenvalue weighted by Gasteiger charge is 2.23. The monoisotopic (exact) mass is 550 g/mol. The normalized spacial score (nSPS) is 14.3. The van der Waals surface area contributed by atoms with Gasteiger partial charge >= 0.3 is 0 Å². The first-order valence-corrected chi connectivity index (χ1v) is 14.7. The van der Waals surface area contributed by atoms with E-state index in [9.17, 15) is 4.79 Å². The number of hydrogen-bond donors (Lipinski definition) is 0. The van der Waals surface area contributed by atoms with Gasteiger partial charge < -0.3 is 9.64 Å². The molecule has 204 valence electrons. The van der Waals surface area contributed by atoms with Crippen molar-refractivity contribution in [3.05, 3.63) is 107 Å². The summed E-state index contributed by atoms with van der Waals surface area (Å²) in [6.07, 6.45) is 0. The Labute approximate surface area is 239 Å². The summed E-state index contributed by atoms with van der Waals surface area (Å²) in [5.74, 6) is 0.906. The minimum absolute atomic E-state index is 0.0104. The number of thiophene rings is 1. The van der Waals surface area contributed by atoms with Crippen molar-refractivity contribution in [1.29, 1.82) is 0 Å². The molecule has 1 aliphatic heterocycles. The fraction of sp³-hybridized carbons (Fsp3) is 0.273. The Bertz CT molecular complexity index is 1560. The quantitative estimate of drug-likeness (QED) is 0.228. The van der Waals surface area contributed by atoms with E-state index in [1.54, 1.807) is 0 Å². The molecule has 6 rings (SSSR count). The van der Waals surface area contributed by atoms with Crippen molar-refractivity contribution in [2.75, 3.05) is 46.4 Å². The SMILES string of the molecule is CN(Cc1ccc(OCCN2CCN(C(=O)c3ccc4ccccc4n3)CC2)cc1)Cc1cc2ccccc2s1. The molecule has 0 unspecified atom stereocenters. The summed E-state index contributed by atoms with van der Waals surface area (Å²) in [6.45, 7) is 6.40. The van der Waals surface area contributed by atoms with Crippen LogP contribution in [0.2, 0.25) is 0 Å². The van der Waals surface area contributed by atoms with E-state index in [-0.39, 0.29) is 5.91 Å². The lowest BCUT2D eigenvalue weighted by Gasteiger charge is -2.34. The number of carbonyl (C=O) groups is 1. The average molecular weight is 551 g/mol. The highest BCUT2D eigenvalue weighted by molar-refractivity contribution is 7.19. The van der Waals surface area contributed by atoms with E-state index in [1.807, 2.05) is 52.6 Å². The molecule has 40 heavy (non-hydrogen) atoms. The van der Waals surface area contributed by atoms with Crippen LogP contribution in [-0.4, -0.2) is 72.0 Å². The molecule has 0 spiro atoms. The third-order valence-corrected chi connectivity index (χ3v) is 8.53. The zero-order chi connectivity index (χ0) is 27.3. The van der Waals surface area contributed by atoms with Crippen LogP contribution in [0.3, 0.4) is 0 Å². The number of ether oxygens (including phenoxy) is 1. The molecule has 5 aromatic rings. The first kappa shape index (κ1) is 26.4. The van der Waals surface area contributed by atoms with Crippen molar-refractivity contribution in [2.24, 2.45) is 0 Å². The number of pyridine rings is 1. The van der Waals surface area contributed by atoms with Crippen LogP contribution >= 0.6 is 11.3 Å². The van der Waals surface area contributed by atoms with Gasteiger partial charge in [-0.25, -0.2) is 4.98 Å². The maximum absolute atomic E-state index is 13.0. The Balaban J connectivity index is 0.922. The number of benzene rings is 3. The van der Waals surface area contributed by atoms with Crippen LogP contribution in [0.15, 0.2) is 91.0 Å². The van der Waals surface area contributed by atoms with E-state index in [0.29, 0.717) is 25.4 Å². The maximum Gasteiger partial charge on any atom is 0.272 e. The Morgan fingerprint density at radius 3 is 2.42 bits per heavy atom. The van der Waals surface area contributed by atoms with Gasteiger partial charge in [-0.05, 0) is 54.4 Å². The average Bonchev–Trinajstić information content (AvgIpc) is 3.40. The molecule has 0 aliphatic carbocycles. The second kappa shape index (κ2) is 12.2. The van der Waals surface area contributed by atoms with Crippen molar-refractivity contribution < 1.29 is 9.53 Å². The summed E-state index contributed by atoms with van der Waals surface area (Å²) in [4.78, 5) is 25.6. The van der Waals surface area contributed by atoms with Crippen molar-refractivity contribution in [1.82, 2.24) is 19.7 Å². The Hall–Kier alpha value is -3.78.